The number of carboxylic acid groups (broad SMARTS) is 1. The van der Waals surface area contributed by atoms with Crippen molar-refractivity contribution in [3.63, 3.8) is 0 Å². The van der Waals surface area contributed by atoms with Gasteiger partial charge >= 0.3 is 12.1 Å². The van der Waals surface area contributed by atoms with Crippen molar-refractivity contribution in [1.82, 2.24) is 4.98 Å². The second kappa shape index (κ2) is 4.29. The van der Waals surface area contributed by atoms with Gasteiger partial charge in [0.25, 0.3) is 0 Å². The van der Waals surface area contributed by atoms with Crippen molar-refractivity contribution in [2.45, 2.75) is 19.0 Å². The van der Waals surface area contributed by atoms with Crippen molar-refractivity contribution in [2.75, 3.05) is 0 Å². The molecule has 0 unspecified atom stereocenters. The van der Waals surface area contributed by atoms with E-state index in [9.17, 15) is 18.0 Å². The summed E-state index contributed by atoms with van der Waals surface area (Å²) in [7, 11) is 0. The van der Waals surface area contributed by atoms with Gasteiger partial charge in [0, 0.05) is 18.8 Å². The van der Waals surface area contributed by atoms with Crippen LogP contribution in [0.5, 0.6) is 0 Å². The van der Waals surface area contributed by atoms with Gasteiger partial charge in [0.2, 0.25) is 0 Å². The Hall–Kier alpha value is -1.59. The first kappa shape index (κ1) is 11.5. The third-order valence-electron chi connectivity index (χ3n) is 1.82. The molecule has 1 N–H and O–H groups in total. The highest BCUT2D eigenvalue weighted by atomic mass is 19.4. The number of hydrogen-bond acceptors (Lipinski definition) is 2. The number of aromatic nitrogens is 1. The molecule has 0 aliphatic heterocycles. The summed E-state index contributed by atoms with van der Waals surface area (Å²) in [4.78, 5) is 13.6. The summed E-state index contributed by atoms with van der Waals surface area (Å²) in [6.45, 7) is 0. The highest BCUT2D eigenvalue weighted by Crippen LogP contribution is 2.31. The Morgan fingerprint density at radius 1 is 1.47 bits per heavy atom. The molecule has 1 heterocycles. The second-order valence-electron chi connectivity index (χ2n) is 2.92. The van der Waals surface area contributed by atoms with Gasteiger partial charge in [0.05, 0.1) is 5.56 Å². The maximum absolute atomic E-state index is 12.4. The number of nitrogens with zero attached hydrogens (tertiary/aromatic N) is 1. The van der Waals surface area contributed by atoms with E-state index in [4.69, 9.17) is 5.11 Å². The summed E-state index contributed by atoms with van der Waals surface area (Å²) in [5.41, 5.74) is -0.911. The minimum Gasteiger partial charge on any atom is -0.481 e. The predicted octanol–water partition coefficient (Wildman–Crippen LogP) is 2.12. The summed E-state index contributed by atoms with van der Waals surface area (Å²) >= 11 is 0. The van der Waals surface area contributed by atoms with Crippen LogP contribution in [0, 0.1) is 0 Å². The number of aryl methyl sites for hydroxylation is 1. The molecule has 0 spiro atoms. The van der Waals surface area contributed by atoms with Crippen molar-refractivity contribution >= 4 is 5.97 Å². The van der Waals surface area contributed by atoms with E-state index in [-0.39, 0.29) is 18.4 Å². The average Bonchev–Trinajstić information content (AvgIpc) is 2.13. The first-order chi connectivity index (χ1) is 6.91. The molecule has 1 rings (SSSR count). The van der Waals surface area contributed by atoms with Gasteiger partial charge in [0.15, 0.2) is 0 Å². The van der Waals surface area contributed by atoms with Crippen LogP contribution in [0.4, 0.5) is 13.2 Å². The van der Waals surface area contributed by atoms with E-state index in [1.54, 1.807) is 0 Å². The van der Waals surface area contributed by atoms with Crippen LogP contribution in [0.2, 0.25) is 0 Å². The zero-order chi connectivity index (χ0) is 11.5. The molecule has 0 aliphatic carbocycles. The molecule has 0 aliphatic rings. The Morgan fingerprint density at radius 3 is 2.67 bits per heavy atom. The number of carboxylic acids is 1. The van der Waals surface area contributed by atoms with E-state index in [0.717, 1.165) is 0 Å². The van der Waals surface area contributed by atoms with E-state index in [0.29, 0.717) is 6.20 Å². The predicted molar refractivity (Wildman–Crippen MR) is 45.2 cm³/mol. The molecule has 6 heteroatoms. The van der Waals surface area contributed by atoms with E-state index in [1.807, 2.05) is 0 Å². The number of hydrogen-bond donors (Lipinski definition) is 1. The second-order valence-corrected chi connectivity index (χ2v) is 2.92. The van der Waals surface area contributed by atoms with Crippen molar-refractivity contribution in [2.24, 2.45) is 0 Å². The summed E-state index contributed by atoms with van der Waals surface area (Å²) in [5.74, 6) is -1.13. The molecule has 82 valence electrons. The molecular formula is C9H8F3NO2. The molecule has 0 fully saturated rings. The fourth-order valence-corrected chi connectivity index (χ4v) is 1.14. The first-order valence-electron chi connectivity index (χ1n) is 4.13. The zero-order valence-corrected chi connectivity index (χ0v) is 7.58. The average molecular weight is 219 g/mol. The molecule has 0 atom stereocenters. The SMILES string of the molecule is O=C(O)CCc1ccncc1C(F)(F)F. The molecule has 0 radical (unpaired) electrons. The normalized spacial score (nSPS) is 11.4. The molecule has 0 saturated carbocycles. The fourth-order valence-electron chi connectivity index (χ4n) is 1.14. The number of pyridine rings is 1. The fraction of sp³-hybridized carbons (Fsp3) is 0.333. The van der Waals surface area contributed by atoms with Gasteiger partial charge in [-0.15, -0.1) is 0 Å². The van der Waals surface area contributed by atoms with Gasteiger partial charge in [-0.1, -0.05) is 0 Å². The lowest BCUT2D eigenvalue weighted by Gasteiger charge is -2.10. The van der Waals surface area contributed by atoms with E-state index in [1.165, 1.54) is 12.3 Å². The van der Waals surface area contributed by atoms with Gasteiger partial charge in [-0.05, 0) is 18.1 Å². The van der Waals surface area contributed by atoms with Crippen LogP contribution in [-0.2, 0) is 17.4 Å². The minimum absolute atomic E-state index is 0.0418. The lowest BCUT2D eigenvalue weighted by molar-refractivity contribution is -0.140. The van der Waals surface area contributed by atoms with Crippen LogP contribution in [0.25, 0.3) is 0 Å². The standard InChI is InChI=1S/C9H8F3NO2/c10-9(11,12)7-5-13-4-3-6(7)1-2-8(14)15/h3-5H,1-2H2,(H,14,15). The first-order valence-corrected chi connectivity index (χ1v) is 4.13. The summed E-state index contributed by atoms with van der Waals surface area (Å²) in [6, 6.07) is 1.19. The zero-order valence-electron chi connectivity index (χ0n) is 7.58. The van der Waals surface area contributed by atoms with Crippen LogP contribution < -0.4 is 0 Å². The third kappa shape index (κ3) is 3.23. The van der Waals surface area contributed by atoms with Crippen molar-refractivity contribution in [1.29, 1.82) is 0 Å². The van der Waals surface area contributed by atoms with E-state index in [2.05, 4.69) is 4.98 Å². The van der Waals surface area contributed by atoms with E-state index < -0.39 is 17.7 Å². The lowest BCUT2D eigenvalue weighted by Crippen LogP contribution is -2.10. The number of aliphatic carboxylic acids is 1. The Labute approximate surface area is 83.6 Å². The van der Waals surface area contributed by atoms with Crippen LogP contribution >= 0.6 is 0 Å². The largest absolute Gasteiger partial charge is 0.481 e. The summed E-state index contributed by atoms with van der Waals surface area (Å²) in [5, 5.41) is 8.37. The Morgan fingerprint density at radius 2 is 2.13 bits per heavy atom. The molecular weight excluding hydrogens is 211 g/mol. The molecule has 1 aromatic heterocycles. The molecule has 15 heavy (non-hydrogen) atoms. The highest BCUT2D eigenvalue weighted by molar-refractivity contribution is 5.67. The molecule has 0 bridgehead atoms. The van der Waals surface area contributed by atoms with Crippen molar-refractivity contribution in [3.8, 4) is 0 Å². The van der Waals surface area contributed by atoms with Gasteiger partial charge in [-0.25, -0.2) is 0 Å². The third-order valence-corrected chi connectivity index (χ3v) is 1.82. The number of rotatable bonds is 3. The maximum atomic E-state index is 12.4. The number of alkyl halides is 3. The van der Waals surface area contributed by atoms with Gasteiger partial charge in [-0.2, -0.15) is 13.2 Å². The maximum Gasteiger partial charge on any atom is 0.418 e. The van der Waals surface area contributed by atoms with Crippen LogP contribution in [0.3, 0.4) is 0 Å². The van der Waals surface area contributed by atoms with Crippen molar-refractivity contribution < 1.29 is 23.1 Å². The van der Waals surface area contributed by atoms with E-state index >= 15 is 0 Å². The smallest absolute Gasteiger partial charge is 0.418 e. The monoisotopic (exact) mass is 219 g/mol. The Bertz CT molecular complexity index is 363. The van der Waals surface area contributed by atoms with Gasteiger partial charge in [0.1, 0.15) is 0 Å². The molecule has 0 amide bonds. The highest BCUT2D eigenvalue weighted by Gasteiger charge is 2.33. The summed E-state index contributed by atoms with van der Waals surface area (Å²) in [6.07, 6.45) is -3.04. The summed E-state index contributed by atoms with van der Waals surface area (Å²) < 4.78 is 37.2. The molecule has 0 aromatic carbocycles. The topological polar surface area (TPSA) is 50.2 Å². The van der Waals surface area contributed by atoms with Gasteiger partial charge in [-0.3, -0.25) is 9.78 Å². The molecule has 1 aromatic rings. The van der Waals surface area contributed by atoms with Crippen LogP contribution in [-0.4, -0.2) is 16.1 Å². The molecule has 0 saturated heterocycles. The van der Waals surface area contributed by atoms with Crippen LogP contribution in [0.1, 0.15) is 17.5 Å². The quantitative estimate of drug-likeness (QED) is 0.847. The molecule has 3 nitrogen and oxygen atoms in total. The lowest BCUT2D eigenvalue weighted by atomic mass is 10.1. The minimum atomic E-state index is -4.48. The van der Waals surface area contributed by atoms with Gasteiger partial charge < -0.3 is 5.11 Å². The van der Waals surface area contributed by atoms with Crippen LogP contribution in [0.15, 0.2) is 18.5 Å². The Balaban J connectivity index is 2.92. The Kier molecular flexibility index (Phi) is 3.28. The number of halogens is 3. The number of carbonyl (C=O) groups is 1. The van der Waals surface area contributed by atoms with Crippen molar-refractivity contribution in [3.05, 3.63) is 29.6 Å².